The van der Waals surface area contributed by atoms with Crippen molar-refractivity contribution in [2.24, 2.45) is 11.8 Å². The van der Waals surface area contributed by atoms with Crippen LogP contribution in [0, 0.1) is 11.8 Å². The van der Waals surface area contributed by atoms with Crippen LogP contribution in [-0.4, -0.2) is 41.2 Å². The molecule has 2 aromatic carbocycles. The molecule has 5 atom stereocenters. The summed E-state index contributed by atoms with van der Waals surface area (Å²) >= 11 is 5.79. The zero-order chi connectivity index (χ0) is 22.8. The molecule has 5 nitrogen and oxygen atoms in total. The van der Waals surface area contributed by atoms with Gasteiger partial charge in [0.15, 0.2) is 5.11 Å². The Bertz CT molecular complexity index is 1140. The minimum absolute atomic E-state index is 0.0599. The molecule has 3 aromatic rings. The van der Waals surface area contributed by atoms with Crippen LogP contribution >= 0.6 is 12.2 Å². The van der Waals surface area contributed by atoms with E-state index in [9.17, 15) is 0 Å². The average Bonchev–Trinajstić information content (AvgIpc) is 2.87. The number of pyridine rings is 1. The molecular formula is C27H30N4OS. The number of aromatic nitrogens is 1. The van der Waals surface area contributed by atoms with Gasteiger partial charge < -0.3 is 15.4 Å². The number of ether oxygens (including phenoxy) is 1. The summed E-state index contributed by atoms with van der Waals surface area (Å²) in [5.74, 6) is 2.08. The first-order valence-corrected chi connectivity index (χ1v) is 12.0. The summed E-state index contributed by atoms with van der Waals surface area (Å²) in [6, 6.07) is 18.7. The minimum Gasteiger partial charge on any atom is -0.497 e. The van der Waals surface area contributed by atoms with Gasteiger partial charge in [0.2, 0.25) is 0 Å². The van der Waals surface area contributed by atoms with E-state index in [4.69, 9.17) is 17.0 Å². The van der Waals surface area contributed by atoms with Crippen LogP contribution in [0.2, 0.25) is 0 Å². The van der Waals surface area contributed by atoms with Crippen molar-refractivity contribution < 1.29 is 4.74 Å². The van der Waals surface area contributed by atoms with Gasteiger partial charge in [-0.1, -0.05) is 24.3 Å². The fourth-order valence-electron chi connectivity index (χ4n) is 5.48. The number of hydrogen-bond acceptors (Lipinski definition) is 4. The maximum atomic E-state index is 5.79. The highest BCUT2D eigenvalue weighted by Crippen LogP contribution is 2.42. The van der Waals surface area contributed by atoms with Crippen LogP contribution in [0.15, 0.2) is 73.4 Å². The smallest absolute Gasteiger partial charge is 0.171 e. The number of nitrogens with one attached hydrogen (secondary N) is 2. The Morgan fingerprint density at radius 3 is 2.76 bits per heavy atom. The van der Waals surface area contributed by atoms with Crippen molar-refractivity contribution in [2.75, 3.05) is 25.5 Å². The average molecular weight is 459 g/mol. The Morgan fingerprint density at radius 1 is 1.21 bits per heavy atom. The molecule has 4 heterocycles. The Labute approximate surface area is 200 Å². The first-order chi connectivity index (χ1) is 16.2. The number of fused-ring (bicyclic) bond motifs is 4. The molecule has 0 spiro atoms. The van der Waals surface area contributed by atoms with E-state index in [-0.39, 0.29) is 6.04 Å². The minimum atomic E-state index is 0.0599. The van der Waals surface area contributed by atoms with Crippen molar-refractivity contribution in [3.05, 3.63) is 79.0 Å². The summed E-state index contributed by atoms with van der Waals surface area (Å²) in [6.07, 6.45) is 6.43. The lowest BCUT2D eigenvalue weighted by Crippen LogP contribution is -2.57. The Morgan fingerprint density at radius 2 is 2.03 bits per heavy atom. The van der Waals surface area contributed by atoms with Crippen molar-refractivity contribution in [1.29, 1.82) is 0 Å². The van der Waals surface area contributed by atoms with Gasteiger partial charge in [-0.3, -0.25) is 9.88 Å². The molecule has 1 aromatic heterocycles. The van der Waals surface area contributed by atoms with E-state index in [1.165, 1.54) is 17.4 Å². The van der Waals surface area contributed by atoms with Gasteiger partial charge in [0.25, 0.3) is 0 Å². The van der Waals surface area contributed by atoms with Crippen molar-refractivity contribution in [3.63, 3.8) is 0 Å². The van der Waals surface area contributed by atoms with Crippen molar-refractivity contribution in [2.45, 2.75) is 24.9 Å². The summed E-state index contributed by atoms with van der Waals surface area (Å²) in [5.41, 5.74) is 3.19. The lowest BCUT2D eigenvalue weighted by molar-refractivity contribution is 0.00443. The van der Waals surface area contributed by atoms with Crippen molar-refractivity contribution in [1.82, 2.24) is 15.2 Å². The fraction of sp³-hybridized carbons (Fsp3) is 0.333. The highest BCUT2D eigenvalue weighted by atomic mass is 32.1. The van der Waals surface area contributed by atoms with E-state index in [2.05, 4.69) is 57.4 Å². The molecule has 0 amide bonds. The predicted octanol–water partition coefficient (Wildman–Crippen LogP) is 5.17. The van der Waals surface area contributed by atoms with Gasteiger partial charge in [0.1, 0.15) is 5.75 Å². The van der Waals surface area contributed by atoms with E-state index in [0.717, 1.165) is 36.5 Å². The fourth-order valence-corrected chi connectivity index (χ4v) is 5.72. The number of methoxy groups -OCH3 is 1. The number of anilines is 1. The van der Waals surface area contributed by atoms with Crippen LogP contribution < -0.4 is 15.4 Å². The predicted molar refractivity (Wildman–Crippen MR) is 139 cm³/mol. The molecule has 0 aliphatic carbocycles. The number of piperidine rings is 3. The van der Waals surface area contributed by atoms with Crippen LogP contribution in [0.25, 0.3) is 10.9 Å². The van der Waals surface area contributed by atoms with Gasteiger partial charge in [0.05, 0.1) is 18.7 Å². The monoisotopic (exact) mass is 458 g/mol. The molecule has 3 saturated heterocycles. The molecule has 6 heteroatoms. The Balaban J connectivity index is 1.45. The van der Waals surface area contributed by atoms with Crippen LogP contribution in [0.5, 0.6) is 5.75 Å². The number of benzene rings is 2. The zero-order valence-electron chi connectivity index (χ0n) is 18.9. The maximum Gasteiger partial charge on any atom is 0.171 e. The molecule has 3 unspecified atom stereocenters. The highest BCUT2D eigenvalue weighted by molar-refractivity contribution is 7.80. The van der Waals surface area contributed by atoms with E-state index >= 15 is 0 Å². The third-order valence-electron chi connectivity index (χ3n) is 7.19. The molecule has 2 bridgehead atoms. The van der Waals surface area contributed by atoms with Gasteiger partial charge >= 0.3 is 0 Å². The van der Waals surface area contributed by atoms with Crippen LogP contribution in [0.4, 0.5) is 5.69 Å². The molecule has 3 aliphatic heterocycles. The van der Waals surface area contributed by atoms with Crippen molar-refractivity contribution >= 4 is 33.9 Å². The topological polar surface area (TPSA) is 49.4 Å². The second-order valence-electron chi connectivity index (χ2n) is 8.97. The van der Waals surface area contributed by atoms with Gasteiger partial charge in [0, 0.05) is 29.9 Å². The van der Waals surface area contributed by atoms with Gasteiger partial charge in [-0.15, -0.1) is 6.58 Å². The van der Waals surface area contributed by atoms with E-state index in [1.807, 2.05) is 36.5 Å². The van der Waals surface area contributed by atoms with Gasteiger partial charge in [-0.2, -0.15) is 0 Å². The van der Waals surface area contributed by atoms with Crippen LogP contribution in [-0.2, 0) is 0 Å². The van der Waals surface area contributed by atoms with Crippen LogP contribution in [0.1, 0.15) is 24.4 Å². The highest BCUT2D eigenvalue weighted by Gasteiger charge is 2.43. The number of thiocarbonyl (C=S) groups is 1. The quantitative estimate of drug-likeness (QED) is 0.393. The number of nitrogens with zero attached hydrogens (tertiary/aromatic N) is 2. The SMILES string of the molecule is C=CC1CN2CCC1C[C@H]2[C@@H](NC(=S)Nc1ccc(OC)cc1)c1ccnc2ccccc12. The summed E-state index contributed by atoms with van der Waals surface area (Å²) in [4.78, 5) is 7.21. The summed E-state index contributed by atoms with van der Waals surface area (Å²) < 4.78 is 5.27. The second-order valence-corrected chi connectivity index (χ2v) is 9.38. The summed E-state index contributed by atoms with van der Waals surface area (Å²) in [5, 5.41) is 8.84. The molecule has 3 fully saturated rings. The number of para-hydroxylation sites is 1. The van der Waals surface area contributed by atoms with E-state index in [1.54, 1.807) is 7.11 Å². The lowest BCUT2D eigenvalue weighted by Gasteiger charge is -2.52. The molecule has 3 aliphatic rings. The number of hydrogen-bond donors (Lipinski definition) is 2. The first kappa shape index (κ1) is 21.9. The summed E-state index contributed by atoms with van der Waals surface area (Å²) in [6.45, 7) is 6.28. The molecule has 2 N–H and O–H groups in total. The van der Waals surface area contributed by atoms with E-state index < -0.39 is 0 Å². The third kappa shape index (κ3) is 4.45. The lowest BCUT2D eigenvalue weighted by atomic mass is 9.73. The Kier molecular flexibility index (Phi) is 6.29. The zero-order valence-corrected chi connectivity index (χ0v) is 19.7. The molecule has 6 rings (SSSR count). The molecule has 0 radical (unpaired) electrons. The molecule has 33 heavy (non-hydrogen) atoms. The second kappa shape index (κ2) is 9.49. The molecule has 170 valence electrons. The largest absolute Gasteiger partial charge is 0.497 e. The van der Waals surface area contributed by atoms with Crippen LogP contribution in [0.3, 0.4) is 0 Å². The Hall–Kier alpha value is -2.96. The van der Waals surface area contributed by atoms with E-state index in [0.29, 0.717) is 23.0 Å². The molecular weight excluding hydrogens is 428 g/mol. The standard InChI is InChI=1S/C27H30N4OS/c1-3-18-17-31-15-13-19(18)16-25(31)26(23-12-14-28-24-7-5-4-6-22(23)24)30-27(33)29-20-8-10-21(32-2)11-9-20/h3-12,14,18-19,25-26H,1,13,15-17H2,2H3,(H2,29,30,33)/t18?,19?,25-,26-/m0/s1. The van der Waals surface area contributed by atoms with Gasteiger partial charge in [-0.05, 0) is 85.4 Å². The third-order valence-corrected chi connectivity index (χ3v) is 7.41. The summed E-state index contributed by atoms with van der Waals surface area (Å²) in [7, 11) is 1.67. The first-order valence-electron chi connectivity index (χ1n) is 11.6. The normalized spacial score (nSPS) is 24.8. The number of rotatable bonds is 6. The molecule has 0 saturated carbocycles. The van der Waals surface area contributed by atoms with Crippen molar-refractivity contribution in [3.8, 4) is 5.75 Å². The maximum absolute atomic E-state index is 5.79. The van der Waals surface area contributed by atoms with Gasteiger partial charge in [-0.25, -0.2) is 0 Å².